The molecule has 0 aromatic heterocycles. The second-order valence-corrected chi connectivity index (χ2v) is 12.8. The third-order valence-electron chi connectivity index (χ3n) is 7.09. The summed E-state index contributed by atoms with van der Waals surface area (Å²) in [6, 6.07) is 30.7. The highest BCUT2D eigenvalue weighted by Crippen LogP contribution is 2.28. The summed E-state index contributed by atoms with van der Waals surface area (Å²) in [6.45, 7) is 5.26. The summed E-state index contributed by atoms with van der Waals surface area (Å²) in [6.07, 6.45) is 0.252. The Balaban J connectivity index is 1.81. The van der Waals surface area contributed by atoms with Gasteiger partial charge in [0.2, 0.25) is 11.8 Å². The molecule has 0 fully saturated rings. The van der Waals surface area contributed by atoms with E-state index in [1.54, 1.807) is 42.5 Å². The van der Waals surface area contributed by atoms with Crippen LogP contribution in [0.5, 0.6) is 5.75 Å². The van der Waals surface area contributed by atoms with Gasteiger partial charge in [0.15, 0.2) is 0 Å². The fourth-order valence-electron chi connectivity index (χ4n) is 4.96. The highest BCUT2D eigenvalue weighted by Gasteiger charge is 2.35. The molecule has 4 aromatic carbocycles. The Morgan fingerprint density at radius 1 is 0.818 bits per heavy atom. The number of hydrogen-bond acceptors (Lipinski definition) is 5. The van der Waals surface area contributed by atoms with Crippen molar-refractivity contribution in [1.29, 1.82) is 0 Å². The fraction of sp³-hybridized carbons (Fsp3) is 0.257. The molecule has 0 saturated carbocycles. The van der Waals surface area contributed by atoms with Gasteiger partial charge in [-0.25, -0.2) is 8.42 Å². The minimum Gasteiger partial charge on any atom is -0.497 e. The number of nitrogens with zero attached hydrogens (tertiary/aromatic N) is 2. The molecule has 9 heteroatoms. The maximum atomic E-state index is 14.5. The number of hydrogen-bond donors (Lipinski definition) is 1. The first-order valence-corrected chi connectivity index (χ1v) is 15.9. The van der Waals surface area contributed by atoms with E-state index in [1.807, 2.05) is 75.4 Å². The molecule has 0 heterocycles. The average Bonchev–Trinajstić information content (AvgIpc) is 3.02. The van der Waals surface area contributed by atoms with Crippen molar-refractivity contribution >= 4 is 27.5 Å². The zero-order valence-electron chi connectivity index (χ0n) is 25.5. The van der Waals surface area contributed by atoms with Crippen molar-refractivity contribution in [2.45, 2.75) is 50.7 Å². The third kappa shape index (κ3) is 8.26. The van der Waals surface area contributed by atoms with Crippen molar-refractivity contribution in [2.75, 3.05) is 18.0 Å². The maximum absolute atomic E-state index is 14.5. The topological polar surface area (TPSA) is 96.0 Å². The number of methoxy groups -OCH3 is 1. The van der Waals surface area contributed by atoms with Crippen molar-refractivity contribution in [3.05, 3.63) is 126 Å². The molecule has 8 nitrogen and oxygen atoms in total. The molecule has 0 aliphatic carbocycles. The normalized spacial score (nSPS) is 11.9. The van der Waals surface area contributed by atoms with Crippen LogP contribution in [0, 0.1) is 6.92 Å². The second-order valence-electron chi connectivity index (χ2n) is 10.9. The molecule has 1 N–H and O–H groups in total. The van der Waals surface area contributed by atoms with E-state index in [2.05, 4.69) is 5.32 Å². The summed E-state index contributed by atoms with van der Waals surface area (Å²) >= 11 is 0. The monoisotopic (exact) mass is 613 g/mol. The van der Waals surface area contributed by atoms with E-state index in [1.165, 1.54) is 24.1 Å². The van der Waals surface area contributed by atoms with Crippen LogP contribution in [-0.4, -0.2) is 50.9 Å². The number of rotatable bonds is 13. The maximum Gasteiger partial charge on any atom is 0.264 e. The van der Waals surface area contributed by atoms with Crippen molar-refractivity contribution in [3.63, 3.8) is 0 Å². The molecule has 0 unspecified atom stereocenters. The lowest BCUT2D eigenvalue weighted by Crippen LogP contribution is -2.54. The van der Waals surface area contributed by atoms with Crippen LogP contribution in [0.25, 0.3) is 0 Å². The molecule has 4 rings (SSSR count). The Hall–Kier alpha value is -4.63. The number of benzene rings is 4. The van der Waals surface area contributed by atoms with Crippen molar-refractivity contribution < 1.29 is 22.7 Å². The van der Waals surface area contributed by atoms with Crippen LogP contribution in [0.1, 0.15) is 30.5 Å². The summed E-state index contributed by atoms with van der Waals surface area (Å²) in [5, 5.41) is 2.97. The smallest absolute Gasteiger partial charge is 0.264 e. The predicted octanol–water partition coefficient (Wildman–Crippen LogP) is 5.36. The van der Waals surface area contributed by atoms with E-state index >= 15 is 0 Å². The van der Waals surface area contributed by atoms with E-state index < -0.39 is 28.5 Å². The Bertz CT molecular complexity index is 1660. The molecule has 1 atom stereocenters. The summed E-state index contributed by atoms with van der Waals surface area (Å²) < 4.78 is 34.6. The number of anilines is 1. The Kier molecular flexibility index (Phi) is 10.8. The van der Waals surface area contributed by atoms with Crippen LogP contribution >= 0.6 is 0 Å². The highest BCUT2D eigenvalue weighted by molar-refractivity contribution is 7.92. The van der Waals surface area contributed by atoms with Crippen molar-refractivity contribution in [1.82, 2.24) is 10.2 Å². The summed E-state index contributed by atoms with van der Waals surface area (Å²) in [4.78, 5) is 29.8. The lowest BCUT2D eigenvalue weighted by molar-refractivity contribution is -0.140. The summed E-state index contributed by atoms with van der Waals surface area (Å²) in [5.41, 5.74) is 2.97. The average molecular weight is 614 g/mol. The highest BCUT2D eigenvalue weighted by atomic mass is 32.2. The van der Waals surface area contributed by atoms with Crippen molar-refractivity contribution in [3.8, 4) is 5.75 Å². The Morgan fingerprint density at radius 2 is 1.45 bits per heavy atom. The van der Waals surface area contributed by atoms with E-state index in [0.29, 0.717) is 5.75 Å². The van der Waals surface area contributed by atoms with E-state index in [0.717, 1.165) is 21.0 Å². The lowest BCUT2D eigenvalue weighted by atomic mass is 10.0. The first kappa shape index (κ1) is 32.3. The second kappa shape index (κ2) is 14.7. The molecule has 0 aliphatic heterocycles. The minimum atomic E-state index is -4.18. The first-order valence-electron chi connectivity index (χ1n) is 14.5. The number of sulfonamides is 1. The number of carbonyl (C=O) groups is 2. The first-order chi connectivity index (χ1) is 21.1. The van der Waals surface area contributed by atoms with Crippen LogP contribution in [-0.2, 0) is 32.6 Å². The van der Waals surface area contributed by atoms with E-state index in [9.17, 15) is 18.0 Å². The number of amides is 2. The van der Waals surface area contributed by atoms with Gasteiger partial charge >= 0.3 is 0 Å². The van der Waals surface area contributed by atoms with Gasteiger partial charge in [-0.3, -0.25) is 13.9 Å². The van der Waals surface area contributed by atoms with Gasteiger partial charge in [0, 0.05) is 25.1 Å². The fourth-order valence-corrected chi connectivity index (χ4v) is 6.38. The standard InChI is InChI=1S/C35H39N3O5S/c1-26(2)36-35(40)33(22-28-14-7-5-8-15-28)37(24-29-16-11-13-27(3)21-29)34(39)25-38(30-17-12-18-31(23-30)43-4)44(41,42)32-19-9-6-10-20-32/h5-21,23,26,33H,22,24-25H2,1-4H3,(H,36,40)/t33-/m1/s1. The molecule has 44 heavy (non-hydrogen) atoms. The molecular weight excluding hydrogens is 574 g/mol. The van der Waals surface area contributed by atoms with Gasteiger partial charge < -0.3 is 15.0 Å². The van der Waals surface area contributed by atoms with E-state index in [-0.39, 0.29) is 35.5 Å². The molecule has 4 aromatic rings. The Labute approximate surface area is 260 Å². The van der Waals surface area contributed by atoms with Gasteiger partial charge in [0.25, 0.3) is 10.0 Å². The predicted molar refractivity (Wildman–Crippen MR) is 173 cm³/mol. The third-order valence-corrected chi connectivity index (χ3v) is 8.88. The number of carbonyl (C=O) groups excluding carboxylic acids is 2. The van der Waals surface area contributed by atoms with E-state index in [4.69, 9.17) is 4.74 Å². The largest absolute Gasteiger partial charge is 0.497 e. The molecule has 0 aliphatic rings. The van der Waals surface area contributed by atoms with Gasteiger partial charge in [-0.2, -0.15) is 0 Å². The molecule has 0 spiro atoms. The summed E-state index contributed by atoms with van der Waals surface area (Å²) in [7, 11) is -2.69. The summed E-state index contributed by atoms with van der Waals surface area (Å²) in [5.74, 6) is -0.393. The molecule has 230 valence electrons. The number of nitrogens with one attached hydrogen (secondary N) is 1. The van der Waals surface area contributed by atoms with Crippen LogP contribution in [0.2, 0.25) is 0 Å². The van der Waals surface area contributed by atoms with Crippen LogP contribution in [0.4, 0.5) is 5.69 Å². The molecular formula is C35H39N3O5S. The molecule has 0 bridgehead atoms. The molecule has 2 amide bonds. The van der Waals surface area contributed by atoms with Gasteiger partial charge in [0.1, 0.15) is 18.3 Å². The van der Waals surface area contributed by atoms with Gasteiger partial charge in [-0.1, -0.05) is 84.4 Å². The van der Waals surface area contributed by atoms with Crippen LogP contribution < -0.4 is 14.4 Å². The number of ether oxygens (including phenoxy) is 1. The number of aryl methyl sites for hydroxylation is 1. The van der Waals surface area contributed by atoms with Gasteiger partial charge in [0.05, 0.1) is 17.7 Å². The molecule has 0 radical (unpaired) electrons. The lowest BCUT2D eigenvalue weighted by Gasteiger charge is -2.34. The zero-order chi connectivity index (χ0) is 31.7. The van der Waals surface area contributed by atoms with Gasteiger partial charge in [-0.15, -0.1) is 0 Å². The molecule has 0 saturated heterocycles. The minimum absolute atomic E-state index is 0.0410. The van der Waals surface area contributed by atoms with Crippen LogP contribution in [0.3, 0.4) is 0 Å². The van der Waals surface area contributed by atoms with Gasteiger partial charge in [-0.05, 0) is 56.2 Å². The zero-order valence-corrected chi connectivity index (χ0v) is 26.3. The SMILES string of the molecule is COc1cccc(N(CC(=O)N(Cc2cccc(C)c2)[C@H](Cc2ccccc2)C(=O)NC(C)C)S(=O)(=O)c2ccccc2)c1. The quantitative estimate of drug-likeness (QED) is 0.219. The van der Waals surface area contributed by atoms with Crippen molar-refractivity contribution in [2.24, 2.45) is 0 Å². The Morgan fingerprint density at radius 3 is 2.09 bits per heavy atom. The van der Waals surface area contributed by atoms with Crippen LogP contribution in [0.15, 0.2) is 114 Å².